The van der Waals surface area contributed by atoms with Crippen LogP contribution in [0.3, 0.4) is 0 Å². The lowest BCUT2D eigenvalue weighted by Crippen LogP contribution is -2.03. The van der Waals surface area contributed by atoms with Crippen LogP contribution in [0.15, 0.2) is 18.3 Å². The third-order valence-corrected chi connectivity index (χ3v) is 1.90. The van der Waals surface area contributed by atoms with Crippen LogP contribution in [0.25, 0.3) is 0 Å². The molecule has 3 nitrogen and oxygen atoms in total. The Hall–Kier alpha value is -0.800. The first-order valence-corrected chi connectivity index (χ1v) is 5.03. The fourth-order valence-electron chi connectivity index (χ4n) is 0.966. The highest BCUT2D eigenvalue weighted by atomic mass is 35.5. The molecular weight excluding hydrogens is 202 g/mol. The molecule has 1 heterocycles. The number of halogens is 1. The van der Waals surface area contributed by atoms with Crippen molar-refractivity contribution in [2.75, 3.05) is 19.8 Å². The van der Waals surface area contributed by atoms with E-state index < -0.39 is 0 Å². The Labute approximate surface area is 89.0 Å². The maximum atomic E-state index is 5.80. The van der Waals surface area contributed by atoms with E-state index in [-0.39, 0.29) is 0 Å². The van der Waals surface area contributed by atoms with Gasteiger partial charge in [0.15, 0.2) is 10.9 Å². The van der Waals surface area contributed by atoms with Crippen LogP contribution in [-0.4, -0.2) is 24.8 Å². The van der Waals surface area contributed by atoms with E-state index >= 15 is 0 Å². The highest BCUT2D eigenvalue weighted by molar-refractivity contribution is 6.30. The Morgan fingerprint density at radius 3 is 3.00 bits per heavy atom. The van der Waals surface area contributed by atoms with Crippen LogP contribution in [-0.2, 0) is 4.74 Å². The van der Waals surface area contributed by atoms with Gasteiger partial charge in [-0.1, -0.05) is 11.6 Å². The zero-order valence-electron chi connectivity index (χ0n) is 8.20. The number of hydrogen-bond donors (Lipinski definition) is 0. The van der Waals surface area contributed by atoms with Crippen molar-refractivity contribution in [3.05, 3.63) is 23.5 Å². The lowest BCUT2D eigenvalue weighted by atomic mass is 10.4. The van der Waals surface area contributed by atoms with Crippen LogP contribution in [0, 0.1) is 0 Å². The summed E-state index contributed by atoms with van der Waals surface area (Å²) in [5, 5.41) is 0.406. The first kappa shape index (κ1) is 11.3. The second-order valence-electron chi connectivity index (χ2n) is 2.69. The Bertz CT molecular complexity index is 268. The van der Waals surface area contributed by atoms with E-state index in [1.165, 1.54) is 0 Å². The maximum absolute atomic E-state index is 5.80. The first-order chi connectivity index (χ1) is 6.84. The molecule has 0 unspecified atom stereocenters. The number of aromatic nitrogens is 1. The van der Waals surface area contributed by atoms with Gasteiger partial charge in [-0.25, -0.2) is 4.98 Å². The molecule has 0 atom stereocenters. The lowest BCUT2D eigenvalue weighted by molar-refractivity contribution is 0.131. The highest BCUT2D eigenvalue weighted by Crippen LogP contribution is 2.20. The molecule has 0 aliphatic carbocycles. The van der Waals surface area contributed by atoms with Gasteiger partial charge in [-0.15, -0.1) is 0 Å². The Morgan fingerprint density at radius 1 is 1.43 bits per heavy atom. The van der Waals surface area contributed by atoms with Crippen molar-refractivity contribution in [3.8, 4) is 5.75 Å². The van der Waals surface area contributed by atoms with Gasteiger partial charge in [-0.2, -0.15) is 0 Å². The second kappa shape index (κ2) is 6.62. The fourth-order valence-corrected chi connectivity index (χ4v) is 1.14. The van der Waals surface area contributed by atoms with E-state index in [1.807, 2.05) is 6.92 Å². The Balaban J connectivity index is 2.21. The summed E-state index contributed by atoms with van der Waals surface area (Å²) >= 11 is 5.80. The lowest BCUT2D eigenvalue weighted by Gasteiger charge is -2.06. The predicted molar refractivity (Wildman–Crippen MR) is 55.9 cm³/mol. The van der Waals surface area contributed by atoms with Gasteiger partial charge in [0.05, 0.1) is 6.61 Å². The number of ether oxygens (including phenoxy) is 2. The summed E-state index contributed by atoms with van der Waals surface area (Å²) in [4.78, 5) is 3.90. The molecule has 1 aromatic rings. The third kappa shape index (κ3) is 3.94. The first-order valence-electron chi connectivity index (χ1n) is 4.65. The van der Waals surface area contributed by atoms with Crippen LogP contribution in [0.5, 0.6) is 5.75 Å². The molecule has 78 valence electrons. The monoisotopic (exact) mass is 215 g/mol. The highest BCUT2D eigenvalue weighted by Gasteiger charge is 1.99. The molecule has 0 spiro atoms. The van der Waals surface area contributed by atoms with Gasteiger partial charge in [0.25, 0.3) is 0 Å². The molecule has 0 amide bonds. The van der Waals surface area contributed by atoms with Gasteiger partial charge in [0.2, 0.25) is 0 Å². The van der Waals surface area contributed by atoms with Gasteiger partial charge < -0.3 is 9.47 Å². The van der Waals surface area contributed by atoms with Crippen molar-refractivity contribution in [2.24, 2.45) is 0 Å². The van der Waals surface area contributed by atoms with Crippen molar-refractivity contribution in [1.29, 1.82) is 0 Å². The quantitative estimate of drug-likeness (QED) is 0.540. The van der Waals surface area contributed by atoms with E-state index in [4.69, 9.17) is 21.1 Å². The van der Waals surface area contributed by atoms with Gasteiger partial charge in [0, 0.05) is 25.8 Å². The second-order valence-corrected chi connectivity index (χ2v) is 3.05. The zero-order chi connectivity index (χ0) is 10.2. The van der Waals surface area contributed by atoms with Gasteiger partial charge >= 0.3 is 0 Å². The molecule has 0 N–H and O–H groups in total. The maximum Gasteiger partial charge on any atom is 0.171 e. The average Bonchev–Trinajstić information content (AvgIpc) is 2.20. The molecule has 0 bridgehead atoms. The molecule has 4 heteroatoms. The molecule has 0 saturated carbocycles. The van der Waals surface area contributed by atoms with Gasteiger partial charge in [0.1, 0.15) is 0 Å². The molecule has 1 rings (SSSR count). The van der Waals surface area contributed by atoms with Crippen LogP contribution in [0.4, 0.5) is 0 Å². The van der Waals surface area contributed by atoms with Crippen molar-refractivity contribution in [3.63, 3.8) is 0 Å². The molecule has 0 radical (unpaired) electrons. The molecule has 0 saturated heterocycles. The Kier molecular flexibility index (Phi) is 5.33. The molecule has 14 heavy (non-hydrogen) atoms. The molecule has 0 aliphatic heterocycles. The fraction of sp³-hybridized carbons (Fsp3) is 0.500. The van der Waals surface area contributed by atoms with Gasteiger partial charge in [-0.05, 0) is 19.1 Å². The largest absolute Gasteiger partial charge is 0.490 e. The average molecular weight is 216 g/mol. The summed E-state index contributed by atoms with van der Waals surface area (Å²) < 4.78 is 10.6. The number of hydrogen-bond acceptors (Lipinski definition) is 3. The normalized spacial score (nSPS) is 10.1. The standard InChI is InChI=1S/C10H14ClNO2/c1-2-13-7-4-8-14-9-5-3-6-12-10(9)11/h3,5-6H,2,4,7-8H2,1H3. The van der Waals surface area contributed by atoms with Crippen LogP contribution < -0.4 is 4.74 Å². The van der Waals surface area contributed by atoms with E-state index in [9.17, 15) is 0 Å². The number of rotatable bonds is 6. The minimum absolute atomic E-state index is 0.406. The Morgan fingerprint density at radius 2 is 2.29 bits per heavy atom. The minimum atomic E-state index is 0.406. The predicted octanol–water partition coefficient (Wildman–Crippen LogP) is 2.54. The molecule has 0 fully saturated rings. The molecule has 0 aromatic carbocycles. The summed E-state index contributed by atoms with van der Waals surface area (Å²) in [6.45, 7) is 4.03. The van der Waals surface area contributed by atoms with Crippen molar-refractivity contribution >= 4 is 11.6 Å². The van der Waals surface area contributed by atoms with E-state index in [0.717, 1.165) is 13.0 Å². The van der Waals surface area contributed by atoms with Crippen LogP contribution in [0.2, 0.25) is 5.15 Å². The molecular formula is C10H14ClNO2. The van der Waals surface area contributed by atoms with E-state index in [2.05, 4.69) is 4.98 Å². The van der Waals surface area contributed by atoms with Crippen LogP contribution in [0.1, 0.15) is 13.3 Å². The summed E-state index contributed by atoms with van der Waals surface area (Å²) in [6.07, 6.45) is 2.49. The van der Waals surface area contributed by atoms with Crippen molar-refractivity contribution in [1.82, 2.24) is 4.98 Å². The number of pyridine rings is 1. The SMILES string of the molecule is CCOCCCOc1cccnc1Cl. The van der Waals surface area contributed by atoms with Crippen molar-refractivity contribution < 1.29 is 9.47 Å². The smallest absolute Gasteiger partial charge is 0.171 e. The minimum Gasteiger partial charge on any atom is -0.490 e. The third-order valence-electron chi connectivity index (χ3n) is 1.62. The van der Waals surface area contributed by atoms with Gasteiger partial charge in [-0.3, -0.25) is 0 Å². The molecule has 0 aliphatic rings. The van der Waals surface area contributed by atoms with E-state index in [0.29, 0.717) is 24.1 Å². The number of nitrogens with zero attached hydrogens (tertiary/aromatic N) is 1. The van der Waals surface area contributed by atoms with E-state index in [1.54, 1.807) is 18.3 Å². The summed E-state index contributed by atoms with van der Waals surface area (Å²) in [6, 6.07) is 3.60. The zero-order valence-corrected chi connectivity index (χ0v) is 8.96. The summed E-state index contributed by atoms with van der Waals surface area (Å²) in [5.41, 5.74) is 0. The molecule has 1 aromatic heterocycles. The topological polar surface area (TPSA) is 31.4 Å². The summed E-state index contributed by atoms with van der Waals surface area (Å²) in [7, 11) is 0. The summed E-state index contributed by atoms with van der Waals surface area (Å²) in [5.74, 6) is 0.630. The van der Waals surface area contributed by atoms with Crippen molar-refractivity contribution in [2.45, 2.75) is 13.3 Å². The van der Waals surface area contributed by atoms with Crippen LogP contribution >= 0.6 is 11.6 Å².